The van der Waals surface area contributed by atoms with E-state index in [-0.39, 0.29) is 23.7 Å². The predicted molar refractivity (Wildman–Crippen MR) is 86.9 cm³/mol. The molecular weight excluding hydrogens is 296 g/mol. The second-order valence-corrected chi connectivity index (χ2v) is 5.13. The SMILES string of the molecule is Oc1ccc2c(/N=N/C3=NC=NC4NC=NC34)c(O)ccc2c1. The number of nitrogens with one attached hydrogen (secondary N) is 1. The number of benzene rings is 2. The van der Waals surface area contributed by atoms with Crippen molar-refractivity contribution in [3.63, 3.8) is 0 Å². The van der Waals surface area contributed by atoms with Gasteiger partial charge in [-0.1, -0.05) is 6.07 Å². The number of fused-ring (bicyclic) bond motifs is 2. The molecule has 2 aromatic carbocycles. The number of aliphatic imine (C=N–C) groups is 3. The number of phenols is 2. The Morgan fingerprint density at radius 2 is 1.96 bits per heavy atom. The fourth-order valence-electron chi connectivity index (χ4n) is 2.53. The molecule has 2 aliphatic rings. The van der Waals surface area contributed by atoms with Gasteiger partial charge >= 0.3 is 0 Å². The van der Waals surface area contributed by atoms with Crippen LogP contribution in [0.1, 0.15) is 0 Å². The van der Waals surface area contributed by atoms with Gasteiger partial charge in [-0.3, -0.25) is 4.99 Å². The number of hydrogen-bond donors (Lipinski definition) is 3. The number of azo groups is 1. The monoisotopic (exact) mass is 308 g/mol. The molecule has 23 heavy (non-hydrogen) atoms. The van der Waals surface area contributed by atoms with Gasteiger partial charge in [0.1, 0.15) is 23.5 Å². The van der Waals surface area contributed by atoms with Crippen molar-refractivity contribution in [1.29, 1.82) is 0 Å². The summed E-state index contributed by atoms with van der Waals surface area (Å²) in [7, 11) is 0. The van der Waals surface area contributed by atoms with Gasteiger partial charge in [-0.05, 0) is 29.7 Å². The third kappa shape index (κ3) is 2.30. The van der Waals surface area contributed by atoms with Crippen molar-refractivity contribution in [2.24, 2.45) is 25.2 Å². The lowest BCUT2D eigenvalue weighted by Gasteiger charge is -2.15. The minimum Gasteiger partial charge on any atom is -0.508 e. The summed E-state index contributed by atoms with van der Waals surface area (Å²) >= 11 is 0. The van der Waals surface area contributed by atoms with Gasteiger partial charge in [-0.25, -0.2) is 9.98 Å². The molecule has 0 aliphatic carbocycles. The number of phenolic OH excluding ortho intramolecular Hbond substituents is 2. The number of aromatic hydroxyl groups is 2. The minimum absolute atomic E-state index is 0.00149. The van der Waals surface area contributed by atoms with E-state index in [1.54, 1.807) is 24.5 Å². The average Bonchev–Trinajstić information content (AvgIpc) is 3.03. The van der Waals surface area contributed by atoms with Gasteiger partial charge < -0.3 is 15.5 Å². The fourth-order valence-corrected chi connectivity index (χ4v) is 2.53. The normalized spacial score (nSPS) is 22.3. The van der Waals surface area contributed by atoms with Crippen molar-refractivity contribution >= 4 is 35.0 Å². The van der Waals surface area contributed by atoms with Crippen molar-refractivity contribution in [3.8, 4) is 11.5 Å². The summed E-state index contributed by atoms with van der Waals surface area (Å²) in [6.45, 7) is 0. The Balaban J connectivity index is 1.75. The largest absolute Gasteiger partial charge is 0.508 e. The van der Waals surface area contributed by atoms with Crippen molar-refractivity contribution < 1.29 is 10.2 Å². The van der Waals surface area contributed by atoms with Crippen molar-refractivity contribution in [2.75, 3.05) is 0 Å². The molecule has 0 saturated heterocycles. The Bertz CT molecular complexity index is 902. The van der Waals surface area contributed by atoms with E-state index in [1.807, 2.05) is 0 Å². The molecule has 0 saturated carbocycles. The first-order valence-electron chi connectivity index (χ1n) is 6.96. The first-order chi connectivity index (χ1) is 11.2. The fraction of sp³-hybridized carbons (Fsp3) is 0.133. The first kappa shape index (κ1) is 13.4. The molecule has 2 heterocycles. The highest BCUT2D eigenvalue weighted by atomic mass is 16.3. The Morgan fingerprint density at radius 1 is 1.04 bits per heavy atom. The summed E-state index contributed by atoms with van der Waals surface area (Å²) in [6.07, 6.45) is 2.78. The van der Waals surface area contributed by atoms with Gasteiger partial charge in [0.05, 0.1) is 6.34 Å². The molecule has 3 N–H and O–H groups in total. The van der Waals surface area contributed by atoms with Crippen LogP contribution in [0.2, 0.25) is 0 Å². The Kier molecular flexibility index (Phi) is 3.00. The molecule has 0 radical (unpaired) electrons. The van der Waals surface area contributed by atoms with Crippen LogP contribution in [0.4, 0.5) is 5.69 Å². The van der Waals surface area contributed by atoms with E-state index in [0.29, 0.717) is 16.9 Å². The lowest BCUT2D eigenvalue weighted by molar-refractivity contribution is 0.474. The lowest BCUT2D eigenvalue weighted by Crippen LogP contribution is -2.36. The molecule has 2 atom stereocenters. The molecule has 114 valence electrons. The van der Waals surface area contributed by atoms with E-state index in [0.717, 1.165) is 5.39 Å². The molecule has 0 amide bonds. The third-order valence-corrected chi connectivity index (χ3v) is 3.67. The standard InChI is InChI=1S/C15H12N6O2/c22-9-2-3-10-8(5-9)1-4-11(23)12(10)20-21-15-13-14(17-6-16-13)18-7-19-15/h1-7,13-14,22-23H,(H,16,17)/b21-20+. The van der Waals surface area contributed by atoms with E-state index in [9.17, 15) is 10.2 Å². The smallest absolute Gasteiger partial charge is 0.181 e. The second-order valence-electron chi connectivity index (χ2n) is 5.13. The lowest BCUT2D eigenvalue weighted by atomic mass is 10.1. The zero-order valence-electron chi connectivity index (χ0n) is 11.8. The van der Waals surface area contributed by atoms with Crippen LogP contribution in [0.3, 0.4) is 0 Å². The maximum atomic E-state index is 10.1. The van der Waals surface area contributed by atoms with Crippen molar-refractivity contribution in [3.05, 3.63) is 30.3 Å². The molecule has 2 aliphatic heterocycles. The summed E-state index contributed by atoms with van der Waals surface area (Å²) in [5, 5.41) is 32.3. The van der Waals surface area contributed by atoms with Crippen LogP contribution in [0.25, 0.3) is 10.8 Å². The first-order valence-corrected chi connectivity index (χ1v) is 6.96. The van der Waals surface area contributed by atoms with Gasteiger partial charge in [-0.2, -0.15) is 0 Å². The molecule has 0 bridgehead atoms. The van der Waals surface area contributed by atoms with E-state index in [4.69, 9.17) is 0 Å². The molecule has 0 fully saturated rings. The number of hydrogen-bond acceptors (Lipinski definition) is 8. The molecular formula is C15H12N6O2. The second kappa shape index (κ2) is 5.16. The maximum Gasteiger partial charge on any atom is 0.181 e. The van der Waals surface area contributed by atoms with Gasteiger partial charge in [0.2, 0.25) is 0 Å². The Morgan fingerprint density at radius 3 is 2.87 bits per heavy atom. The molecule has 2 aromatic rings. The summed E-state index contributed by atoms with van der Waals surface area (Å²) in [5.74, 6) is 0.566. The molecule has 0 aromatic heterocycles. The molecule has 2 unspecified atom stereocenters. The van der Waals surface area contributed by atoms with Gasteiger partial charge in [0.15, 0.2) is 18.0 Å². The highest BCUT2D eigenvalue weighted by Gasteiger charge is 2.30. The quantitative estimate of drug-likeness (QED) is 0.701. The van der Waals surface area contributed by atoms with Gasteiger partial charge in [-0.15, -0.1) is 10.2 Å². The molecule has 4 rings (SSSR count). The van der Waals surface area contributed by atoms with Crippen LogP contribution in [0.5, 0.6) is 11.5 Å². The molecule has 8 nitrogen and oxygen atoms in total. The number of amidine groups is 1. The Labute approximate surface area is 130 Å². The van der Waals surface area contributed by atoms with Gasteiger partial charge in [0.25, 0.3) is 0 Å². The topological polar surface area (TPSA) is 114 Å². The number of rotatable bonds is 1. The highest BCUT2D eigenvalue weighted by Crippen LogP contribution is 2.36. The number of nitrogens with zero attached hydrogens (tertiary/aromatic N) is 5. The molecule has 8 heteroatoms. The van der Waals surface area contributed by atoms with E-state index in [1.165, 1.54) is 18.5 Å². The summed E-state index contributed by atoms with van der Waals surface area (Å²) in [5.41, 5.74) is 0.319. The van der Waals surface area contributed by atoms with Crippen LogP contribution in [-0.4, -0.2) is 40.9 Å². The zero-order valence-corrected chi connectivity index (χ0v) is 11.8. The van der Waals surface area contributed by atoms with Crippen LogP contribution < -0.4 is 5.32 Å². The maximum absolute atomic E-state index is 10.1. The van der Waals surface area contributed by atoms with E-state index < -0.39 is 0 Å². The van der Waals surface area contributed by atoms with Crippen molar-refractivity contribution in [2.45, 2.75) is 12.2 Å². The summed E-state index contributed by atoms with van der Waals surface area (Å²) in [6, 6.07) is 7.71. The van der Waals surface area contributed by atoms with Crippen molar-refractivity contribution in [1.82, 2.24) is 5.32 Å². The third-order valence-electron chi connectivity index (χ3n) is 3.67. The van der Waals surface area contributed by atoms with Crippen LogP contribution in [0.15, 0.2) is 55.5 Å². The van der Waals surface area contributed by atoms with Crippen LogP contribution in [0, 0.1) is 0 Å². The van der Waals surface area contributed by atoms with E-state index in [2.05, 4.69) is 30.5 Å². The highest BCUT2D eigenvalue weighted by molar-refractivity contribution is 5.99. The predicted octanol–water partition coefficient (Wildman–Crippen LogP) is 2.10. The summed E-state index contributed by atoms with van der Waals surface area (Å²) in [4.78, 5) is 12.5. The van der Waals surface area contributed by atoms with E-state index >= 15 is 0 Å². The Hall–Kier alpha value is -3.29. The van der Waals surface area contributed by atoms with Gasteiger partial charge in [0, 0.05) is 5.39 Å². The minimum atomic E-state index is -0.315. The average molecular weight is 308 g/mol. The van der Waals surface area contributed by atoms with Crippen LogP contribution >= 0.6 is 0 Å². The van der Waals surface area contributed by atoms with Crippen LogP contribution in [-0.2, 0) is 0 Å². The molecule has 0 spiro atoms. The zero-order chi connectivity index (χ0) is 15.8. The summed E-state index contributed by atoms with van der Waals surface area (Å²) < 4.78 is 0.